The lowest BCUT2D eigenvalue weighted by atomic mass is 9.83. The Balaban J connectivity index is 1.86. The fraction of sp³-hybridized carbons (Fsp3) is 0.364. The van der Waals surface area contributed by atoms with E-state index in [1.807, 2.05) is 60.7 Å². The summed E-state index contributed by atoms with van der Waals surface area (Å²) in [5, 5.41) is 12.5. The van der Waals surface area contributed by atoms with E-state index in [9.17, 15) is 14.7 Å². The number of nitrogens with one attached hydrogen (secondary N) is 1. The van der Waals surface area contributed by atoms with E-state index in [4.69, 9.17) is 0 Å². The predicted octanol–water partition coefficient (Wildman–Crippen LogP) is 3.97. The summed E-state index contributed by atoms with van der Waals surface area (Å²) in [5.74, 6) is -1.69. The highest BCUT2D eigenvalue weighted by Crippen LogP contribution is 2.29. The number of carbonyl (C=O) groups is 2. The SMILES string of the molecule is O=C(N[C@@H](C(=O)O)C1CCCCC1)C(c1ccccc1)c1ccccc1. The van der Waals surface area contributed by atoms with E-state index in [1.165, 1.54) is 0 Å². The molecule has 2 N–H and O–H groups in total. The third kappa shape index (κ3) is 4.31. The van der Waals surface area contributed by atoms with Crippen LogP contribution >= 0.6 is 0 Å². The average Bonchev–Trinajstić information content (AvgIpc) is 2.68. The second-order valence-corrected chi connectivity index (χ2v) is 6.98. The molecule has 1 amide bonds. The second kappa shape index (κ2) is 8.65. The lowest BCUT2D eigenvalue weighted by Crippen LogP contribution is -2.48. The van der Waals surface area contributed by atoms with Gasteiger partial charge in [-0.1, -0.05) is 79.9 Å². The molecule has 0 bridgehead atoms. The zero-order valence-corrected chi connectivity index (χ0v) is 14.8. The van der Waals surface area contributed by atoms with Gasteiger partial charge in [0.25, 0.3) is 0 Å². The minimum atomic E-state index is -0.940. The van der Waals surface area contributed by atoms with Crippen molar-refractivity contribution in [2.24, 2.45) is 5.92 Å². The van der Waals surface area contributed by atoms with Crippen molar-refractivity contribution >= 4 is 11.9 Å². The van der Waals surface area contributed by atoms with Crippen LogP contribution in [0.3, 0.4) is 0 Å². The fourth-order valence-corrected chi connectivity index (χ4v) is 3.87. The molecule has 0 saturated heterocycles. The zero-order valence-electron chi connectivity index (χ0n) is 14.8. The van der Waals surface area contributed by atoms with Gasteiger partial charge in [0.2, 0.25) is 5.91 Å². The van der Waals surface area contributed by atoms with E-state index < -0.39 is 17.9 Å². The van der Waals surface area contributed by atoms with Gasteiger partial charge >= 0.3 is 5.97 Å². The number of carboxylic acid groups (broad SMARTS) is 1. The Morgan fingerprint density at radius 3 is 1.81 bits per heavy atom. The van der Waals surface area contributed by atoms with Crippen LogP contribution in [0.5, 0.6) is 0 Å². The molecule has 4 nitrogen and oxygen atoms in total. The molecule has 0 radical (unpaired) electrons. The van der Waals surface area contributed by atoms with Crippen LogP contribution in [0.2, 0.25) is 0 Å². The van der Waals surface area contributed by atoms with Crippen LogP contribution in [-0.2, 0) is 9.59 Å². The highest BCUT2D eigenvalue weighted by Gasteiger charge is 2.33. The van der Waals surface area contributed by atoms with E-state index in [2.05, 4.69) is 5.32 Å². The van der Waals surface area contributed by atoms with Crippen molar-refractivity contribution in [1.82, 2.24) is 5.32 Å². The maximum atomic E-state index is 13.1. The van der Waals surface area contributed by atoms with Gasteiger partial charge < -0.3 is 10.4 Å². The summed E-state index contributed by atoms with van der Waals surface area (Å²) in [4.78, 5) is 24.9. The highest BCUT2D eigenvalue weighted by molar-refractivity contribution is 5.90. The first-order valence-corrected chi connectivity index (χ1v) is 9.30. The molecule has 4 heteroatoms. The highest BCUT2D eigenvalue weighted by atomic mass is 16.4. The van der Waals surface area contributed by atoms with Gasteiger partial charge in [-0.05, 0) is 29.9 Å². The molecule has 0 spiro atoms. The molecule has 1 atom stereocenters. The molecular formula is C22H25NO3. The Morgan fingerprint density at radius 2 is 1.35 bits per heavy atom. The number of amides is 1. The molecule has 2 aromatic rings. The number of aliphatic carboxylic acids is 1. The average molecular weight is 351 g/mol. The maximum Gasteiger partial charge on any atom is 0.326 e. The van der Waals surface area contributed by atoms with Gasteiger partial charge in [-0.15, -0.1) is 0 Å². The molecule has 0 aliphatic heterocycles. The van der Waals surface area contributed by atoms with Gasteiger partial charge in [-0.3, -0.25) is 4.79 Å². The first-order valence-electron chi connectivity index (χ1n) is 9.30. The van der Waals surface area contributed by atoms with E-state index in [0.717, 1.165) is 43.2 Å². The monoisotopic (exact) mass is 351 g/mol. The third-order valence-electron chi connectivity index (χ3n) is 5.21. The zero-order chi connectivity index (χ0) is 18.4. The van der Waals surface area contributed by atoms with Gasteiger partial charge in [-0.25, -0.2) is 4.79 Å². The minimum Gasteiger partial charge on any atom is -0.480 e. The number of carbonyl (C=O) groups excluding carboxylic acids is 1. The Labute approximate surface area is 154 Å². The molecule has 1 saturated carbocycles. The minimum absolute atomic E-state index is 0.0115. The van der Waals surface area contributed by atoms with Crippen LogP contribution in [0, 0.1) is 5.92 Å². The van der Waals surface area contributed by atoms with Crippen LogP contribution in [0.1, 0.15) is 49.1 Å². The largest absolute Gasteiger partial charge is 0.480 e. The van der Waals surface area contributed by atoms with Crippen molar-refractivity contribution in [3.05, 3.63) is 71.8 Å². The molecule has 0 unspecified atom stereocenters. The van der Waals surface area contributed by atoms with Gasteiger partial charge in [0.05, 0.1) is 5.92 Å². The Hall–Kier alpha value is -2.62. The fourth-order valence-electron chi connectivity index (χ4n) is 3.87. The molecule has 1 aliphatic carbocycles. The molecule has 136 valence electrons. The van der Waals surface area contributed by atoms with Crippen LogP contribution in [-0.4, -0.2) is 23.0 Å². The number of rotatable bonds is 6. The summed E-state index contributed by atoms with van der Waals surface area (Å²) in [7, 11) is 0. The summed E-state index contributed by atoms with van der Waals surface area (Å²) in [6, 6.07) is 18.2. The lowest BCUT2D eigenvalue weighted by molar-refractivity contribution is -0.144. The normalized spacial score (nSPS) is 16.2. The molecule has 26 heavy (non-hydrogen) atoms. The summed E-state index contributed by atoms with van der Waals surface area (Å²) < 4.78 is 0. The van der Waals surface area contributed by atoms with Crippen LogP contribution in [0.15, 0.2) is 60.7 Å². The van der Waals surface area contributed by atoms with E-state index in [-0.39, 0.29) is 11.8 Å². The van der Waals surface area contributed by atoms with Gasteiger partial charge in [0.15, 0.2) is 0 Å². The Kier molecular flexibility index (Phi) is 6.05. The maximum absolute atomic E-state index is 13.1. The number of benzene rings is 2. The van der Waals surface area contributed by atoms with Crippen molar-refractivity contribution in [3.8, 4) is 0 Å². The van der Waals surface area contributed by atoms with Crippen LogP contribution in [0.25, 0.3) is 0 Å². The van der Waals surface area contributed by atoms with E-state index >= 15 is 0 Å². The topological polar surface area (TPSA) is 66.4 Å². The van der Waals surface area contributed by atoms with Crippen molar-refractivity contribution in [2.75, 3.05) is 0 Å². The molecular weight excluding hydrogens is 326 g/mol. The molecule has 1 aliphatic rings. The van der Waals surface area contributed by atoms with Gasteiger partial charge in [-0.2, -0.15) is 0 Å². The Morgan fingerprint density at radius 1 is 0.846 bits per heavy atom. The lowest BCUT2D eigenvalue weighted by Gasteiger charge is -2.29. The van der Waals surface area contributed by atoms with Crippen LogP contribution < -0.4 is 5.32 Å². The van der Waals surface area contributed by atoms with E-state index in [0.29, 0.717) is 0 Å². The number of hydrogen-bond acceptors (Lipinski definition) is 2. The molecule has 0 aromatic heterocycles. The van der Waals surface area contributed by atoms with Crippen molar-refractivity contribution in [1.29, 1.82) is 0 Å². The standard InChI is InChI=1S/C22H25NO3/c24-21(23-20(22(25)26)18-14-8-3-9-15-18)19(16-10-4-1-5-11-16)17-12-6-2-7-13-17/h1-2,4-7,10-13,18-20H,3,8-9,14-15H2,(H,23,24)(H,25,26)/t20-/m1/s1. The first kappa shape index (κ1) is 18.2. The third-order valence-corrected chi connectivity index (χ3v) is 5.21. The Bertz CT molecular complexity index is 684. The molecule has 2 aromatic carbocycles. The quantitative estimate of drug-likeness (QED) is 0.827. The summed E-state index contributed by atoms with van der Waals surface area (Å²) in [5.41, 5.74) is 1.73. The van der Waals surface area contributed by atoms with Gasteiger partial charge in [0, 0.05) is 0 Å². The second-order valence-electron chi connectivity index (χ2n) is 6.98. The first-order chi connectivity index (χ1) is 12.7. The summed E-state index contributed by atoms with van der Waals surface area (Å²) in [6.45, 7) is 0. The summed E-state index contributed by atoms with van der Waals surface area (Å²) in [6.07, 6.45) is 4.93. The molecule has 0 heterocycles. The van der Waals surface area contributed by atoms with Crippen molar-refractivity contribution in [2.45, 2.75) is 44.1 Å². The van der Waals surface area contributed by atoms with Crippen molar-refractivity contribution < 1.29 is 14.7 Å². The predicted molar refractivity (Wildman–Crippen MR) is 101 cm³/mol. The molecule has 1 fully saturated rings. The summed E-state index contributed by atoms with van der Waals surface area (Å²) >= 11 is 0. The van der Waals surface area contributed by atoms with Crippen molar-refractivity contribution in [3.63, 3.8) is 0 Å². The van der Waals surface area contributed by atoms with Gasteiger partial charge in [0.1, 0.15) is 6.04 Å². The number of hydrogen-bond donors (Lipinski definition) is 2. The van der Waals surface area contributed by atoms with E-state index in [1.54, 1.807) is 0 Å². The van der Waals surface area contributed by atoms with Crippen LogP contribution in [0.4, 0.5) is 0 Å². The smallest absolute Gasteiger partial charge is 0.326 e. The molecule has 3 rings (SSSR count). The number of carboxylic acids is 1.